The summed E-state index contributed by atoms with van der Waals surface area (Å²) < 4.78 is 5.47. The number of ether oxygens (including phenoxy) is 1. The molecule has 8 heteroatoms. The van der Waals surface area contributed by atoms with Crippen LogP contribution in [0, 0.1) is 0 Å². The number of rotatable bonds is 5. The van der Waals surface area contributed by atoms with Gasteiger partial charge in [0.15, 0.2) is 5.65 Å². The van der Waals surface area contributed by atoms with E-state index in [1.54, 1.807) is 0 Å². The Hall–Kier alpha value is -2.71. The normalized spacial score (nSPS) is 16.8. The average molecular weight is 340 g/mol. The van der Waals surface area contributed by atoms with Crippen LogP contribution in [0.3, 0.4) is 0 Å². The van der Waals surface area contributed by atoms with Crippen LogP contribution in [-0.4, -0.2) is 57.9 Å². The van der Waals surface area contributed by atoms with Crippen LogP contribution in [0.5, 0.6) is 0 Å². The standard InChI is InChI=1S/C17H20N6O2/c24-16-13-10-19-22-15(13)20-17(21-16)18-11-14(12-4-2-1-3-5-12)23-6-8-25-9-7-23/h1-5,10,14H,6-9,11H2,(H3,18,19,20,21,22,24). The molecule has 2 aromatic heterocycles. The smallest absolute Gasteiger partial charge is 0.263 e. The topological polar surface area (TPSA) is 98.9 Å². The van der Waals surface area contributed by atoms with E-state index < -0.39 is 0 Å². The summed E-state index contributed by atoms with van der Waals surface area (Å²) in [5, 5.41) is 10.3. The van der Waals surface area contributed by atoms with Crippen molar-refractivity contribution in [2.75, 3.05) is 38.2 Å². The minimum atomic E-state index is -0.205. The van der Waals surface area contributed by atoms with Crippen molar-refractivity contribution >= 4 is 17.0 Å². The fourth-order valence-corrected chi connectivity index (χ4v) is 3.14. The number of aromatic nitrogens is 4. The van der Waals surface area contributed by atoms with E-state index in [1.165, 1.54) is 11.8 Å². The Bertz CT molecular complexity index is 885. The predicted molar refractivity (Wildman–Crippen MR) is 94.6 cm³/mol. The van der Waals surface area contributed by atoms with Crippen LogP contribution in [0.2, 0.25) is 0 Å². The Balaban J connectivity index is 1.56. The van der Waals surface area contributed by atoms with Gasteiger partial charge in [-0.3, -0.25) is 19.8 Å². The average Bonchev–Trinajstić information content (AvgIpc) is 3.13. The lowest BCUT2D eigenvalue weighted by atomic mass is 10.0. The van der Waals surface area contributed by atoms with Crippen molar-refractivity contribution in [3.8, 4) is 0 Å². The lowest BCUT2D eigenvalue weighted by molar-refractivity contribution is 0.0187. The van der Waals surface area contributed by atoms with Crippen LogP contribution in [0.15, 0.2) is 41.3 Å². The summed E-state index contributed by atoms with van der Waals surface area (Å²) in [4.78, 5) is 21.6. The number of hydrogen-bond acceptors (Lipinski definition) is 6. The number of anilines is 1. The van der Waals surface area contributed by atoms with Gasteiger partial charge >= 0.3 is 0 Å². The Morgan fingerprint density at radius 3 is 2.84 bits per heavy atom. The third-order valence-corrected chi connectivity index (χ3v) is 4.45. The van der Waals surface area contributed by atoms with Crippen molar-refractivity contribution in [1.29, 1.82) is 0 Å². The molecule has 8 nitrogen and oxygen atoms in total. The van der Waals surface area contributed by atoms with Crippen LogP contribution >= 0.6 is 0 Å². The molecule has 0 spiro atoms. The molecule has 4 rings (SSSR count). The number of hydrogen-bond donors (Lipinski definition) is 3. The molecule has 1 fully saturated rings. The van der Waals surface area contributed by atoms with Gasteiger partial charge in [0.25, 0.3) is 5.56 Å². The van der Waals surface area contributed by atoms with Gasteiger partial charge in [0.1, 0.15) is 5.39 Å². The zero-order chi connectivity index (χ0) is 17.1. The van der Waals surface area contributed by atoms with E-state index in [0.717, 1.165) is 26.3 Å². The molecule has 0 saturated carbocycles. The van der Waals surface area contributed by atoms with Gasteiger partial charge < -0.3 is 10.1 Å². The van der Waals surface area contributed by atoms with Crippen molar-refractivity contribution in [2.24, 2.45) is 0 Å². The summed E-state index contributed by atoms with van der Waals surface area (Å²) in [6.45, 7) is 3.86. The van der Waals surface area contributed by atoms with Gasteiger partial charge in [0.05, 0.1) is 25.5 Å². The molecule has 3 heterocycles. The first-order chi connectivity index (χ1) is 12.3. The van der Waals surface area contributed by atoms with Crippen LogP contribution in [-0.2, 0) is 4.74 Å². The third-order valence-electron chi connectivity index (χ3n) is 4.45. The van der Waals surface area contributed by atoms with E-state index in [-0.39, 0.29) is 11.6 Å². The summed E-state index contributed by atoms with van der Waals surface area (Å²) in [6, 6.07) is 10.5. The quantitative estimate of drug-likeness (QED) is 0.644. The van der Waals surface area contributed by atoms with Crippen molar-refractivity contribution < 1.29 is 4.74 Å². The maximum Gasteiger partial charge on any atom is 0.263 e. The van der Waals surface area contributed by atoms with Gasteiger partial charge in [-0.1, -0.05) is 30.3 Å². The highest BCUT2D eigenvalue weighted by atomic mass is 16.5. The molecule has 1 saturated heterocycles. The molecule has 25 heavy (non-hydrogen) atoms. The highest BCUT2D eigenvalue weighted by molar-refractivity contribution is 5.73. The maximum atomic E-state index is 12.1. The number of fused-ring (bicyclic) bond motifs is 1. The molecule has 3 aromatic rings. The lowest BCUT2D eigenvalue weighted by Gasteiger charge is -2.35. The summed E-state index contributed by atoms with van der Waals surface area (Å²) in [6.07, 6.45) is 1.48. The second-order valence-electron chi connectivity index (χ2n) is 6.00. The highest BCUT2D eigenvalue weighted by Gasteiger charge is 2.22. The van der Waals surface area contributed by atoms with E-state index in [4.69, 9.17) is 4.74 Å². The van der Waals surface area contributed by atoms with Crippen molar-refractivity contribution in [1.82, 2.24) is 25.1 Å². The molecule has 1 atom stereocenters. The van der Waals surface area contributed by atoms with Crippen LogP contribution in [0.4, 0.5) is 5.95 Å². The van der Waals surface area contributed by atoms with E-state index in [9.17, 15) is 4.79 Å². The molecule has 3 N–H and O–H groups in total. The minimum Gasteiger partial charge on any atom is -0.379 e. The van der Waals surface area contributed by atoms with Gasteiger partial charge in [0, 0.05) is 19.6 Å². The number of nitrogens with one attached hydrogen (secondary N) is 3. The van der Waals surface area contributed by atoms with Gasteiger partial charge in [-0.05, 0) is 5.56 Å². The Morgan fingerprint density at radius 1 is 1.24 bits per heavy atom. The van der Waals surface area contributed by atoms with E-state index >= 15 is 0 Å². The van der Waals surface area contributed by atoms with Crippen LogP contribution in [0.25, 0.3) is 11.0 Å². The van der Waals surface area contributed by atoms with Crippen molar-refractivity contribution in [3.63, 3.8) is 0 Å². The molecule has 0 bridgehead atoms. The minimum absolute atomic E-state index is 0.174. The fourth-order valence-electron chi connectivity index (χ4n) is 3.14. The maximum absolute atomic E-state index is 12.1. The van der Waals surface area contributed by atoms with Crippen LogP contribution < -0.4 is 10.9 Å². The largest absolute Gasteiger partial charge is 0.379 e. The highest BCUT2D eigenvalue weighted by Crippen LogP contribution is 2.22. The molecule has 0 radical (unpaired) electrons. The summed E-state index contributed by atoms with van der Waals surface area (Å²) in [5.74, 6) is 0.441. The molecule has 1 unspecified atom stereocenters. The second kappa shape index (κ2) is 7.04. The molecule has 0 amide bonds. The zero-order valence-electron chi connectivity index (χ0n) is 13.7. The first-order valence-corrected chi connectivity index (χ1v) is 8.35. The monoisotopic (exact) mass is 340 g/mol. The second-order valence-corrected chi connectivity index (χ2v) is 6.00. The molecule has 0 aliphatic carbocycles. The third kappa shape index (κ3) is 3.40. The Labute approximate surface area is 144 Å². The number of morpholine rings is 1. The number of aromatic amines is 2. The van der Waals surface area contributed by atoms with E-state index in [1.807, 2.05) is 18.2 Å². The van der Waals surface area contributed by atoms with E-state index in [0.29, 0.717) is 23.5 Å². The van der Waals surface area contributed by atoms with Gasteiger partial charge in [0.2, 0.25) is 5.95 Å². The predicted octanol–water partition coefficient (Wildman–Crippen LogP) is 1.13. The van der Waals surface area contributed by atoms with Gasteiger partial charge in [-0.25, -0.2) is 0 Å². The van der Waals surface area contributed by atoms with Gasteiger partial charge in [-0.2, -0.15) is 10.1 Å². The van der Waals surface area contributed by atoms with Gasteiger partial charge in [-0.15, -0.1) is 0 Å². The lowest BCUT2D eigenvalue weighted by Crippen LogP contribution is -2.41. The number of benzene rings is 1. The number of nitrogens with zero attached hydrogens (tertiary/aromatic N) is 3. The number of H-pyrrole nitrogens is 2. The SMILES string of the molecule is O=c1[nH]c(NCC(c2ccccc2)N2CCOCC2)nc2[nH]ncc12. The molecular formula is C17H20N6O2. The first kappa shape index (κ1) is 15.8. The van der Waals surface area contributed by atoms with E-state index in [2.05, 4.69) is 42.5 Å². The van der Waals surface area contributed by atoms with Crippen molar-refractivity contribution in [3.05, 3.63) is 52.4 Å². The summed E-state index contributed by atoms with van der Waals surface area (Å²) in [7, 11) is 0. The summed E-state index contributed by atoms with van der Waals surface area (Å²) >= 11 is 0. The summed E-state index contributed by atoms with van der Waals surface area (Å²) in [5.41, 5.74) is 1.50. The van der Waals surface area contributed by atoms with Crippen molar-refractivity contribution in [2.45, 2.75) is 6.04 Å². The fraction of sp³-hybridized carbons (Fsp3) is 0.353. The Kier molecular flexibility index (Phi) is 4.45. The molecular weight excluding hydrogens is 320 g/mol. The molecule has 1 aliphatic rings. The molecule has 1 aliphatic heterocycles. The van der Waals surface area contributed by atoms with Crippen LogP contribution in [0.1, 0.15) is 11.6 Å². The molecule has 130 valence electrons. The zero-order valence-corrected chi connectivity index (χ0v) is 13.7. The molecule has 1 aromatic carbocycles. The Morgan fingerprint density at radius 2 is 2.04 bits per heavy atom. The first-order valence-electron chi connectivity index (χ1n) is 8.35.